The van der Waals surface area contributed by atoms with Crippen LogP contribution in [0.15, 0.2) is 54.6 Å². The number of aryl methyl sites for hydroxylation is 1. The second-order valence-electron chi connectivity index (χ2n) is 11.2. The third-order valence-electron chi connectivity index (χ3n) is 8.50. The van der Waals surface area contributed by atoms with Crippen molar-refractivity contribution in [3.05, 3.63) is 71.3 Å². The normalized spacial score (nSPS) is 28.9. The summed E-state index contributed by atoms with van der Waals surface area (Å²) in [4.78, 5) is 0. The zero-order valence-electron chi connectivity index (χ0n) is 22.4. The third kappa shape index (κ3) is 5.15. The molecule has 2 aromatic rings. The lowest BCUT2D eigenvalue weighted by Crippen LogP contribution is -2.56. The molecular weight excluding hydrogens is 483 g/mol. The van der Waals surface area contributed by atoms with Crippen molar-refractivity contribution in [2.45, 2.75) is 82.8 Å². The SMILES string of the molecule is CCCC12c3c4ccc(O)c3OC1C(OP(C)(=O)OCCCCCCc1ccccc1)C=CC2C(C)C4. The zero-order chi connectivity index (χ0) is 26.0. The average Bonchev–Trinajstić information content (AvgIpc) is 3.23. The molecule has 1 aliphatic heterocycles. The maximum absolute atomic E-state index is 13.4. The summed E-state index contributed by atoms with van der Waals surface area (Å²) in [6.07, 6.45) is 11.6. The van der Waals surface area contributed by atoms with Crippen LogP contribution in [0.4, 0.5) is 0 Å². The Hall–Kier alpha value is -2.07. The van der Waals surface area contributed by atoms with Crippen LogP contribution in [0.25, 0.3) is 0 Å². The van der Waals surface area contributed by atoms with Crippen molar-refractivity contribution >= 4 is 7.60 Å². The predicted octanol–water partition coefficient (Wildman–Crippen LogP) is 7.60. The summed E-state index contributed by atoms with van der Waals surface area (Å²) in [5, 5.41) is 10.7. The first-order valence-corrected chi connectivity index (χ1v) is 16.0. The third-order valence-corrected chi connectivity index (χ3v) is 9.78. The highest BCUT2D eigenvalue weighted by molar-refractivity contribution is 7.53. The van der Waals surface area contributed by atoms with Crippen LogP contribution in [-0.2, 0) is 31.9 Å². The number of allylic oxidation sites excluding steroid dienone is 1. The molecule has 0 spiro atoms. The van der Waals surface area contributed by atoms with Crippen molar-refractivity contribution in [2.75, 3.05) is 13.3 Å². The van der Waals surface area contributed by atoms with Crippen molar-refractivity contribution in [2.24, 2.45) is 11.8 Å². The zero-order valence-corrected chi connectivity index (χ0v) is 23.3. The lowest BCUT2D eigenvalue weighted by atomic mass is 9.53. The molecule has 6 atom stereocenters. The van der Waals surface area contributed by atoms with Gasteiger partial charge in [-0.3, -0.25) is 9.09 Å². The number of unbranched alkanes of at least 4 members (excludes halogenated alkanes) is 3. The predicted molar refractivity (Wildman–Crippen MR) is 148 cm³/mol. The number of phenolic OH excluding ortho intramolecular Hbond substituents is 1. The maximum Gasteiger partial charge on any atom is 0.328 e. The molecule has 0 bridgehead atoms. The fourth-order valence-electron chi connectivity index (χ4n) is 7.03. The molecule has 0 radical (unpaired) electrons. The summed E-state index contributed by atoms with van der Waals surface area (Å²) >= 11 is 0. The van der Waals surface area contributed by atoms with E-state index in [1.807, 2.05) is 18.2 Å². The van der Waals surface area contributed by atoms with E-state index in [2.05, 4.69) is 44.2 Å². The Labute approximate surface area is 221 Å². The van der Waals surface area contributed by atoms with Crippen molar-refractivity contribution in [3.63, 3.8) is 0 Å². The lowest BCUT2D eigenvalue weighted by molar-refractivity contribution is -0.00563. The van der Waals surface area contributed by atoms with Crippen molar-refractivity contribution in [1.82, 2.24) is 0 Å². The first kappa shape index (κ1) is 26.5. The first-order valence-electron chi connectivity index (χ1n) is 14.0. The van der Waals surface area contributed by atoms with Crippen LogP contribution in [0, 0.1) is 11.8 Å². The van der Waals surface area contributed by atoms with Crippen LogP contribution < -0.4 is 4.74 Å². The molecule has 6 heteroatoms. The molecule has 2 aromatic carbocycles. The summed E-state index contributed by atoms with van der Waals surface area (Å²) < 4.78 is 31.9. The fraction of sp³-hybridized carbons (Fsp3) is 0.548. The van der Waals surface area contributed by atoms with Gasteiger partial charge in [-0.05, 0) is 61.1 Å². The summed E-state index contributed by atoms with van der Waals surface area (Å²) in [6, 6.07) is 14.3. The van der Waals surface area contributed by atoms with E-state index in [0.717, 1.165) is 56.9 Å². The molecule has 0 amide bonds. The quantitative estimate of drug-likeness (QED) is 0.176. The molecule has 0 aromatic heterocycles. The average molecular weight is 525 g/mol. The van der Waals surface area contributed by atoms with Gasteiger partial charge in [0.2, 0.25) is 0 Å². The van der Waals surface area contributed by atoms with Crippen LogP contribution in [-0.4, -0.2) is 30.6 Å². The largest absolute Gasteiger partial charge is 0.504 e. The Morgan fingerprint density at radius 3 is 2.65 bits per heavy atom. The number of benzene rings is 2. The molecule has 1 N–H and O–H groups in total. The van der Waals surface area contributed by atoms with Crippen LogP contribution >= 0.6 is 7.60 Å². The standard InChI is InChI=1S/C31H41O5P/c1-4-19-31-25-16-18-27(30(31)35-29-26(32)17-15-24(28(29)31)21-22(25)2)36-37(3,33)34-20-11-6-5-8-12-23-13-9-7-10-14-23/h7,9-10,13-18,22,25,27,30,32H,4-6,8,11-12,19-21H2,1-3H3. The molecule has 0 fully saturated rings. The lowest BCUT2D eigenvalue weighted by Gasteiger charge is -2.50. The number of rotatable bonds is 12. The van der Waals surface area contributed by atoms with Gasteiger partial charge in [0.15, 0.2) is 11.5 Å². The minimum absolute atomic E-state index is 0.180. The molecule has 3 aliphatic rings. The number of hydrogen-bond acceptors (Lipinski definition) is 5. The van der Waals surface area contributed by atoms with Gasteiger partial charge >= 0.3 is 7.60 Å². The molecule has 5 nitrogen and oxygen atoms in total. The highest BCUT2D eigenvalue weighted by Gasteiger charge is 2.62. The molecule has 1 heterocycles. The summed E-state index contributed by atoms with van der Waals surface area (Å²) in [5.41, 5.74) is 3.49. The Morgan fingerprint density at radius 1 is 1.08 bits per heavy atom. The molecule has 2 aliphatic carbocycles. The Bertz CT molecular complexity index is 1160. The van der Waals surface area contributed by atoms with Gasteiger partial charge in [-0.2, -0.15) is 0 Å². The topological polar surface area (TPSA) is 65.0 Å². The first-order chi connectivity index (χ1) is 17.9. The van der Waals surface area contributed by atoms with E-state index in [1.54, 1.807) is 12.7 Å². The monoisotopic (exact) mass is 524 g/mol. The van der Waals surface area contributed by atoms with Gasteiger partial charge < -0.3 is 14.4 Å². The van der Waals surface area contributed by atoms with Gasteiger partial charge in [0.05, 0.1) is 6.61 Å². The second-order valence-corrected chi connectivity index (χ2v) is 13.2. The molecule has 5 rings (SSSR count). The van der Waals surface area contributed by atoms with E-state index in [1.165, 1.54) is 11.1 Å². The van der Waals surface area contributed by atoms with Gasteiger partial charge in [0.1, 0.15) is 12.2 Å². The Balaban J connectivity index is 1.21. The smallest absolute Gasteiger partial charge is 0.328 e. The van der Waals surface area contributed by atoms with E-state index >= 15 is 0 Å². The molecular formula is C31H41O5P. The minimum atomic E-state index is -3.29. The highest BCUT2D eigenvalue weighted by atomic mass is 31.2. The summed E-state index contributed by atoms with van der Waals surface area (Å²) in [5.74, 6) is 1.51. The Morgan fingerprint density at radius 2 is 1.86 bits per heavy atom. The summed E-state index contributed by atoms with van der Waals surface area (Å²) in [7, 11) is -3.29. The van der Waals surface area contributed by atoms with Crippen molar-refractivity contribution < 1.29 is 23.5 Å². The minimum Gasteiger partial charge on any atom is -0.504 e. The fourth-order valence-corrected chi connectivity index (χ4v) is 8.17. The van der Waals surface area contributed by atoms with Gasteiger partial charge in [-0.15, -0.1) is 0 Å². The van der Waals surface area contributed by atoms with E-state index in [-0.39, 0.29) is 17.3 Å². The summed E-state index contributed by atoms with van der Waals surface area (Å²) in [6.45, 7) is 6.49. The van der Waals surface area contributed by atoms with Crippen molar-refractivity contribution in [3.8, 4) is 11.5 Å². The van der Waals surface area contributed by atoms with Crippen molar-refractivity contribution in [1.29, 1.82) is 0 Å². The molecule has 200 valence electrons. The van der Waals surface area contributed by atoms with Gasteiger partial charge in [-0.25, -0.2) is 0 Å². The number of hydrogen-bond donors (Lipinski definition) is 1. The van der Waals surface area contributed by atoms with E-state index < -0.39 is 13.7 Å². The maximum atomic E-state index is 13.4. The van der Waals surface area contributed by atoms with Gasteiger partial charge in [0, 0.05) is 17.6 Å². The number of aromatic hydroxyl groups is 1. The van der Waals surface area contributed by atoms with Crippen LogP contribution in [0.2, 0.25) is 0 Å². The molecule has 0 saturated heterocycles. The molecule has 0 saturated carbocycles. The van der Waals surface area contributed by atoms with Gasteiger partial charge in [-0.1, -0.05) is 81.7 Å². The molecule has 6 unspecified atom stereocenters. The van der Waals surface area contributed by atoms with E-state index in [0.29, 0.717) is 24.2 Å². The number of ether oxygens (including phenoxy) is 1. The van der Waals surface area contributed by atoms with Crippen LogP contribution in [0.1, 0.15) is 69.1 Å². The second kappa shape index (κ2) is 11.0. The van der Waals surface area contributed by atoms with E-state index in [9.17, 15) is 9.67 Å². The van der Waals surface area contributed by atoms with E-state index in [4.69, 9.17) is 13.8 Å². The van der Waals surface area contributed by atoms with Gasteiger partial charge in [0.25, 0.3) is 0 Å². The van der Waals surface area contributed by atoms with Crippen LogP contribution in [0.3, 0.4) is 0 Å². The van der Waals surface area contributed by atoms with Crippen LogP contribution in [0.5, 0.6) is 11.5 Å². The Kier molecular flexibility index (Phi) is 7.86. The number of phenols is 1. The molecule has 37 heavy (non-hydrogen) atoms. The highest BCUT2D eigenvalue weighted by Crippen LogP contribution is 2.63.